The van der Waals surface area contributed by atoms with Gasteiger partial charge in [0.15, 0.2) is 0 Å². The third-order valence-corrected chi connectivity index (χ3v) is 5.07. The number of nitrogens with zero attached hydrogens (tertiary/aromatic N) is 1. The van der Waals surface area contributed by atoms with Crippen molar-refractivity contribution in [3.8, 4) is 5.75 Å². The van der Waals surface area contributed by atoms with Crippen molar-refractivity contribution >= 4 is 35.0 Å². The highest BCUT2D eigenvalue weighted by Gasteiger charge is 2.24. The van der Waals surface area contributed by atoms with Crippen molar-refractivity contribution in [3.05, 3.63) is 63.6 Å². The lowest BCUT2D eigenvalue weighted by atomic mass is 10.1. The monoisotopic (exact) mass is 436 g/mol. The lowest BCUT2D eigenvalue weighted by molar-refractivity contribution is 0.0615. The van der Waals surface area contributed by atoms with Crippen LogP contribution in [-0.2, 0) is 0 Å². The van der Waals surface area contributed by atoms with Crippen LogP contribution in [0.4, 0.5) is 0 Å². The van der Waals surface area contributed by atoms with Crippen molar-refractivity contribution in [2.75, 3.05) is 6.61 Å². The second-order valence-electron chi connectivity index (χ2n) is 6.73. The van der Waals surface area contributed by atoms with Gasteiger partial charge in [-0.15, -0.1) is 0 Å². The van der Waals surface area contributed by atoms with Crippen LogP contribution < -0.4 is 10.6 Å². The zero-order chi connectivity index (χ0) is 21.2. The minimum Gasteiger partial charge on any atom is -0.492 e. The van der Waals surface area contributed by atoms with E-state index in [2.05, 4.69) is 6.92 Å². The first-order chi connectivity index (χ1) is 14.0. The number of ether oxygens (including phenoxy) is 1. The Morgan fingerprint density at radius 1 is 0.931 bits per heavy atom. The van der Waals surface area contributed by atoms with E-state index in [1.807, 2.05) is 0 Å². The maximum atomic E-state index is 12.6. The number of imide groups is 1. The average Bonchev–Trinajstić information content (AvgIpc) is 2.74. The van der Waals surface area contributed by atoms with Gasteiger partial charge in [0.05, 0.1) is 22.2 Å². The average molecular weight is 437 g/mol. The third kappa shape index (κ3) is 6.74. The Bertz CT molecular complexity index is 828. The normalized spacial score (nSPS) is 10.6. The van der Waals surface area contributed by atoms with Crippen LogP contribution in [0.2, 0.25) is 10.0 Å². The number of hydrazine groups is 1. The maximum Gasteiger partial charge on any atom is 0.276 e. The van der Waals surface area contributed by atoms with E-state index in [1.54, 1.807) is 30.3 Å². The Hall–Kier alpha value is -2.08. The molecule has 2 N–H and O–H groups in total. The number of carbonyl (C=O) groups excluding carboxylic acids is 2. The molecule has 0 spiro atoms. The van der Waals surface area contributed by atoms with Gasteiger partial charge in [-0.2, -0.15) is 0 Å². The summed E-state index contributed by atoms with van der Waals surface area (Å²) in [6.45, 7) is 2.70. The molecule has 0 unspecified atom stereocenters. The van der Waals surface area contributed by atoms with Gasteiger partial charge in [0.2, 0.25) is 0 Å². The lowest BCUT2D eigenvalue weighted by Crippen LogP contribution is -2.42. The molecule has 0 aliphatic heterocycles. The molecule has 0 saturated heterocycles. The molecule has 2 amide bonds. The van der Waals surface area contributed by atoms with Gasteiger partial charge < -0.3 is 4.74 Å². The molecule has 29 heavy (non-hydrogen) atoms. The number of nitrogens with two attached hydrogens (primary N) is 1. The van der Waals surface area contributed by atoms with E-state index in [0.717, 1.165) is 12.8 Å². The fraction of sp³-hybridized carbons (Fsp3) is 0.364. The highest BCUT2D eigenvalue weighted by atomic mass is 35.5. The Balaban J connectivity index is 1.99. The molecule has 0 aliphatic carbocycles. The Labute approximate surface area is 181 Å². The molecule has 0 bridgehead atoms. The quantitative estimate of drug-likeness (QED) is 0.165. The molecule has 156 valence electrons. The first kappa shape index (κ1) is 23.2. The molecule has 0 aliphatic rings. The number of halogens is 2. The van der Waals surface area contributed by atoms with Crippen molar-refractivity contribution in [2.45, 2.75) is 45.4 Å². The van der Waals surface area contributed by atoms with Gasteiger partial charge in [-0.3, -0.25) is 9.59 Å². The van der Waals surface area contributed by atoms with Crippen LogP contribution >= 0.6 is 23.2 Å². The maximum absolute atomic E-state index is 12.6. The Morgan fingerprint density at radius 3 is 2.28 bits per heavy atom. The molecule has 0 radical (unpaired) electrons. The van der Waals surface area contributed by atoms with E-state index < -0.39 is 11.8 Å². The highest BCUT2D eigenvalue weighted by molar-refractivity contribution is 6.37. The van der Waals surface area contributed by atoms with Crippen LogP contribution in [-0.4, -0.2) is 23.4 Å². The van der Waals surface area contributed by atoms with Crippen molar-refractivity contribution in [2.24, 2.45) is 5.84 Å². The predicted molar refractivity (Wildman–Crippen MR) is 116 cm³/mol. The van der Waals surface area contributed by atoms with Gasteiger partial charge in [-0.05, 0) is 24.6 Å². The summed E-state index contributed by atoms with van der Waals surface area (Å²) in [5, 5.41) is 0.891. The van der Waals surface area contributed by atoms with Crippen molar-refractivity contribution < 1.29 is 14.3 Å². The molecule has 0 fully saturated rings. The van der Waals surface area contributed by atoms with Gasteiger partial charge in [-0.25, -0.2) is 10.9 Å². The van der Waals surface area contributed by atoms with Crippen LogP contribution in [0.15, 0.2) is 42.5 Å². The summed E-state index contributed by atoms with van der Waals surface area (Å²) in [6, 6.07) is 11.1. The van der Waals surface area contributed by atoms with E-state index in [4.69, 9.17) is 33.8 Å². The number of carbonyl (C=O) groups is 2. The van der Waals surface area contributed by atoms with Crippen molar-refractivity contribution in [1.82, 2.24) is 5.01 Å². The topological polar surface area (TPSA) is 72.6 Å². The number of benzene rings is 2. The second kappa shape index (κ2) is 11.8. The summed E-state index contributed by atoms with van der Waals surface area (Å²) < 4.78 is 5.70. The van der Waals surface area contributed by atoms with Gasteiger partial charge in [0.1, 0.15) is 5.75 Å². The Kier molecular flexibility index (Phi) is 9.45. The summed E-state index contributed by atoms with van der Waals surface area (Å²) in [5.41, 5.74) is 0.333. The van der Waals surface area contributed by atoms with E-state index >= 15 is 0 Å². The zero-order valence-electron chi connectivity index (χ0n) is 16.5. The summed E-state index contributed by atoms with van der Waals surface area (Å²) in [4.78, 5) is 25.0. The molecule has 2 aromatic carbocycles. The van der Waals surface area contributed by atoms with Gasteiger partial charge in [0, 0.05) is 11.6 Å². The highest BCUT2D eigenvalue weighted by Crippen LogP contribution is 2.32. The van der Waals surface area contributed by atoms with E-state index in [1.165, 1.54) is 37.8 Å². The van der Waals surface area contributed by atoms with Gasteiger partial charge >= 0.3 is 0 Å². The number of rotatable bonds is 10. The summed E-state index contributed by atoms with van der Waals surface area (Å²) in [7, 11) is 0. The number of hydrogen-bond donors (Lipinski definition) is 1. The minimum absolute atomic E-state index is 0.0374. The lowest BCUT2D eigenvalue weighted by Gasteiger charge is -2.17. The molecule has 0 atom stereocenters. The molecule has 0 aromatic heterocycles. The first-order valence-corrected chi connectivity index (χ1v) is 10.5. The third-order valence-electron chi connectivity index (χ3n) is 4.47. The second-order valence-corrected chi connectivity index (χ2v) is 7.54. The van der Waals surface area contributed by atoms with Gasteiger partial charge in [-0.1, -0.05) is 80.4 Å². The summed E-state index contributed by atoms with van der Waals surface area (Å²) >= 11 is 12.5. The van der Waals surface area contributed by atoms with Crippen molar-refractivity contribution in [1.29, 1.82) is 0 Å². The molecule has 5 nitrogen and oxygen atoms in total. The van der Waals surface area contributed by atoms with Crippen LogP contribution in [0, 0.1) is 0 Å². The SMILES string of the molecule is CCCCCCCCOc1cc(Cl)c(C(=O)N(N)C(=O)c2ccccc2)cc1Cl. The molecular formula is C22H26Cl2N2O3. The van der Waals surface area contributed by atoms with Crippen LogP contribution in [0.25, 0.3) is 0 Å². The minimum atomic E-state index is -0.742. The predicted octanol–water partition coefficient (Wildman–Crippen LogP) is 5.89. The summed E-state index contributed by atoms with van der Waals surface area (Å²) in [5.74, 6) is 4.76. The molecule has 7 heteroatoms. The first-order valence-electron chi connectivity index (χ1n) is 9.76. The largest absolute Gasteiger partial charge is 0.492 e. The Morgan fingerprint density at radius 2 is 1.59 bits per heavy atom. The molecule has 2 rings (SSSR count). The zero-order valence-corrected chi connectivity index (χ0v) is 18.0. The fourth-order valence-corrected chi connectivity index (χ4v) is 3.26. The standard InChI is InChI=1S/C22H26Cl2N2O3/c1-2-3-4-5-6-10-13-29-20-15-18(23)17(14-19(20)24)22(28)26(25)21(27)16-11-8-7-9-12-16/h7-9,11-12,14-15H,2-6,10,13,25H2,1H3. The van der Waals surface area contributed by atoms with Crippen LogP contribution in [0.1, 0.15) is 66.2 Å². The number of unbranched alkanes of at least 4 members (excludes halogenated alkanes) is 5. The number of hydrogen-bond acceptors (Lipinski definition) is 4. The molecule has 0 saturated carbocycles. The van der Waals surface area contributed by atoms with E-state index in [-0.39, 0.29) is 15.6 Å². The van der Waals surface area contributed by atoms with Crippen LogP contribution in [0.3, 0.4) is 0 Å². The van der Waals surface area contributed by atoms with Crippen LogP contribution in [0.5, 0.6) is 5.75 Å². The van der Waals surface area contributed by atoms with Gasteiger partial charge in [0.25, 0.3) is 11.8 Å². The molecule has 0 heterocycles. The van der Waals surface area contributed by atoms with E-state index in [0.29, 0.717) is 22.9 Å². The molecular weight excluding hydrogens is 411 g/mol. The summed E-state index contributed by atoms with van der Waals surface area (Å²) in [6.07, 6.45) is 6.89. The van der Waals surface area contributed by atoms with Crippen molar-refractivity contribution in [3.63, 3.8) is 0 Å². The number of amides is 2. The molecule has 2 aromatic rings. The smallest absolute Gasteiger partial charge is 0.276 e. The van der Waals surface area contributed by atoms with E-state index in [9.17, 15) is 9.59 Å². The fourth-order valence-electron chi connectivity index (χ4n) is 2.81.